The van der Waals surface area contributed by atoms with Crippen molar-refractivity contribution in [2.75, 3.05) is 0 Å². The monoisotopic (exact) mass is 304 g/mol. The van der Waals surface area contributed by atoms with Crippen LogP contribution in [0, 0.1) is 17.8 Å². The number of hydrogen-bond donors (Lipinski definition) is 0. The molecule has 0 radical (unpaired) electrons. The molecule has 1 fully saturated rings. The molecule has 0 spiro atoms. The lowest BCUT2D eigenvalue weighted by molar-refractivity contribution is -0.150. The Bertz CT molecular complexity index is 627. The summed E-state index contributed by atoms with van der Waals surface area (Å²) in [6.45, 7) is 6.96. The van der Waals surface area contributed by atoms with Gasteiger partial charge in [-0.25, -0.2) is 0 Å². The molecule has 5 atom stereocenters. The molecule has 5 heteroatoms. The molecule has 0 saturated carbocycles. The Morgan fingerprint density at radius 3 is 2.64 bits per heavy atom. The Morgan fingerprint density at radius 2 is 2.00 bits per heavy atom. The van der Waals surface area contributed by atoms with Gasteiger partial charge >= 0.3 is 11.9 Å². The largest absolute Gasteiger partial charge is 0.462 e. The van der Waals surface area contributed by atoms with Gasteiger partial charge in [0.2, 0.25) is 0 Å². The lowest BCUT2D eigenvalue weighted by atomic mass is 9.79. The maximum absolute atomic E-state index is 12.3. The van der Waals surface area contributed by atoms with Gasteiger partial charge in [-0.1, -0.05) is 18.1 Å². The summed E-state index contributed by atoms with van der Waals surface area (Å²) in [7, 11) is 0. The van der Waals surface area contributed by atoms with Crippen LogP contribution in [0.1, 0.15) is 34.1 Å². The van der Waals surface area contributed by atoms with Gasteiger partial charge in [0.15, 0.2) is 5.78 Å². The van der Waals surface area contributed by atoms with Crippen LogP contribution in [0.15, 0.2) is 22.8 Å². The van der Waals surface area contributed by atoms with Gasteiger partial charge in [-0.15, -0.1) is 0 Å². The lowest BCUT2D eigenvalue weighted by Gasteiger charge is -2.29. The normalized spacial score (nSPS) is 37.3. The van der Waals surface area contributed by atoms with Crippen LogP contribution in [0.4, 0.5) is 0 Å². The highest BCUT2D eigenvalue weighted by molar-refractivity contribution is 6.09. The number of allylic oxidation sites excluding steroid dienone is 1. The number of carbonyl (C=O) groups excluding carboxylic acids is 3. The van der Waals surface area contributed by atoms with Gasteiger partial charge in [0, 0.05) is 30.8 Å². The maximum atomic E-state index is 12.3. The fourth-order valence-corrected chi connectivity index (χ4v) is 4.12. The van der Waals surface area contributed by atoms with Crippen molar-refractivity contribution in [3.8, 4) is 0 Å². The molecule has 0 aromatic rings. The topological polar surface area (TPSA) is 69.7 Å². The average molecular weight is 304 g/mol. The Balaban J connectivity index is 2.08. The molecule has 1 unspecified atom stereocenters. The van der Waals surface area contributed by atoms with E-state index in [0.717, 1.165) is 11.1 Å². The van der Waals surface area contributed by atoms with E-state index in [9.17, 15) is 14.4 Å². The van der Waals surface area contributed by atoms with E-state index < -0.39 is 12.2 Å². The van der Waals surface area contributed by atoms with E-state index in [1.165, 1.54) is 6.92 Å². The maximum Gasteiger partial charge on any atom is 0.309 e. The number of ether oxygens (including phenoxy) is 2. The molecule has 5 nitrogen and oxygen atoms in total. The Hall–Kier alpha value is -1.91. The summed E-state index contributed by atoms with van der Waals surface area (Å²) in [5.74, 6) is -1.44. The third kappa shape index (κ3) is 2.11. The van der Waals surface area contributed by atoms with Crippen LogP contribution >= 0.6 is 0 Å². The molecule has 0 bridgehead atoms. The number of carbonyl (C=O) groups is 3. The minimum atomic E-state index is -0.429. The Kier molecular flexibility index (Phi) is 3.46. The first kappa shape index (κ1) is 15.0. The van der Waals surface area contributed by atoms with Gasteiger partial charge in [-0.2, -0.15) is 0 Å². The summed E-state index contributed by atoms with van der Waals surface area (Å²) < 4.78 is 11.1. The molecule has 3 aliphatic rings. The van der Waals surface area contributed by atoms with Crippen LogP contribution in [0.25, 0.3) is 0 Å². The van der Waals surface area contributed by atoms with Crippen LogP contribution in [0.2, 0.25) is 0 Å². The number of rotatable bonds is 1. The predicted molar refractivity (Wildman–Crippen MR) is 77.7 cm³/mol. The highest BCUT2D eigenvalue weighted by atomic mass is 16.6. The quantitative estimate of drug-likeness (QED) is 0.693. The molecule has 1 saturated heterocycles. The van der Waals surface area contributed by atoms with Crippen molar-refractivity contribution < 1.29 is 23.9 Å². The summed E-state index contributed by atoms with van der Waals surface area (Å²) in [6, 6.07) is 0. The number of ketones is 1. The van der Waals surface area contributed by atoms with E-state index in [1.54, 1.807) is 13.0 Å². The molecule has 118 valence electrons. The standard InChI is InChI=1S/C17H20O5/c1-7-5-11(19)13-8(2)6-12(21-10(4)18)15-9(3)17(20)22-16(15)14(7)13/h5,9,12,14-16H,6H2,1-4H3/t9-,12?,14+,15-,16-/m1/s1. The molecule has 22 heavy (non-hydrogen) atoms. The van der Waals surface area contributed by atoms with Gasteiger partial charge in [-0.3, -0.25) is 14.4 Å². The minimum absolute atomic E-state index is 0.0159. The second kappa shape index (κ2) is 5.07. The summed E-state index contributed by atoms with van der Waals surface area (Å²) in [4.78, 5) is 35.8. The van der Waals surface area contributed by atoms with E-state index in [1.807, 2.05) is 13.8 Å². The SMILES string of the molecule is CC(=O)OC1CC(C)=C2C(=O)C=C(C)[C@@H]2[C@H]2OC(=O)[C@H](C)[C@H]12. The molecule has 1 heterocycles. The van der Waals surface area contributed by atoms with Crippen molar-refractivity contribution in [1.82, 2.24) is 0 Å². The van der Waals surface area contributed by atoms with Crippen molar-refractivity contribution in [2.45, 2.75) is 46.3 Å². The molecule has 0 amide bonds. The van der Waals surface area contributed by atoms with Crippen molar-refractivity contribution in [1.29, 1.82) is 0 Å². The number of esters is 2. The lowest BCUT2D eigenvalue weighted by Crippen LogP contribution is -2.37. The zero-order valence-corrected chi connectivity index (χ0v) is 13.2. The molecule has 0 N–H and O–H groups in total. The predicted octanol–water partition coefficient (Wildman–Crippen LogP) is 1.96. The number of hydrogen-bond acceptors (Lipinski definition) is 5. The van der Waals surface area contributed by atoms with Crippen molar-refractivity contribution in [2.24, 2.45) is 17.8 Å². The first-order valence-electron chi connectivity index (χ1n) is 7.61. The van der Waals surface area contributed by atoms with Gasteiger partial charge in [0.1, 0.15) is 12.2 Å². The summed E-state index contributed by atoms with van der Waals surface area (Å²) in [5, 5.41) is 0. The highest BCUT2D eigenvalue weighted by Gasteiger charge is 2.55. The van der Waals surface area contributed by atoms with Gasteiger partial charge in [-0.05, 0) is 19.9 Å². The van der Waals surface area contributed by atoms with Gasteiger partial charge in [0.05, 0.1) is 5.92 Å². The molecule has 0 aromatic heterocycles. The smallest absolute Gasteiger partial charge is 0.309 e. The first-order valence-corrected chi connectivity index (χ1v) is 7.61. The Labute approximate surface area is 129 Å². The summed E-state index contributed by atoms with van der Waals surface area (Å²) in [6.07, 6.45) is 1.24. The van der Waals surface area contributed by atoms with E-state index in [2.05, 4.69) is 0 Å². The van der Waals surface area contributed by atoms with Crippen LogP contribution in [-0.4, -0.2) is 29.9 Å². The number of fused-ring (bicyclic) bond motifs is 3. The van der Waals surface area contributed by atoms with E-state index in [-0.39, 0.29) is 35.5 Å². The zero-order valence-electron chi connectivity index (χ0n) is 13.2. The second-order valence-corrected chi connectivity index (χ2v) is 6.54. The molecule has 3 rings (SSSR count). The van der Waals surface area contributed by atoms with Gasteiger partial charge in [0.25, 0.3) is 0 Å². The summed E-state index contributed by atoms with van der Waals surface area (Å²) in [5.41, 5.74) is 2.55. The van der Waals surface area contributed by atoms with Crippen molar-refractivity contribution in [3.63, 3.8) is 0 Å². The van der Waals surface area contributed by atoms with Crippen molar-refractivity contribution in [3.05, 3.63) is 22.8 Å². The minimum Gasteiger partial charge on any atom is -0.462 e. The molecular weight excluding hydrogens is 284 g/mol. The van der Waals surface area contributed by atoms with E-state index >= 15 is 0 Å². The molecular formula is C17H20O5. The van der Waals surface area contributed by atoms with E-state index in [0.29, 0.717) is 12.0 Å². The summed E-state index contributed by atoms with van der Waals surface area (Å²) >= 11 is 0. The average Bonchev–Trinajstić information content (AvgIpc) is 2.81. The zero-order chi connectivity index (χ0) is 16.2. The van der Waals surface area contributed by atoms with E-state index in [4.69, 9.17) is 9.47 Å². The molecule has 0 aromatic carbocycles. The van der Waals surface area contributed by atoms with Crippen LogP contribution in [0.3, 0.4) is 0 Å². The van der Waals surface area contributed by atoms with Crippen LogP contribution in [-0.2, 0) is 23.9 Å². The third-order valence-corrected chi connectivity index (χ3v) is 5.05. The molecule has 2 aliphatic carbocycles. The first-order chi connectivity index (χ1) is 10.3. The fraction of sp³-hybridized carbons (Fsp3) is 0.588. The Morgan fingerprint density at radius 1 is 1.32 bits per heavy atom. The van der Waals surface area contributed by atoms with Crippen molar-refractivity contribution >= 4 is 17.7 Å². The molecule has 1 aliphatic heterocycles. The second-order valence-electron chi connectivity index (χ2n) is 6.54. The van der Waals surface area contributed by atoms with Crippen LogP contribution < -0.4 is 0 Å². The van der Waals surface area contributed by atoms with Crippen LogP contribution in [0.5, 0.6) is 0 Å². The third-order valence-electron chi connectivity index (χ3n) is 5.05. The highest BCUT2D eigenvalue weighted by Crippen LogP contribution is 2.48. The fourth-order valence-electron chi connectivity index (χ4n) is 4.12. The van der Waals surface area contributed by atoms with Gasteiger partial charge < -0.3 is 9.47 Å².